The van der Waals surface area contributed by atoms with Gasteiger partial charge in [-0.3, -0.25) is 0 Å². The van der Waals surface area contributed by atoms with E-state index in [1.165, 1.54) is 16.7 Å². The van der Waals surface area contributed by atoms with Crippen LogP contribution >= 0.6 is 11.6 Å². The van der Waals surface area contributed by atoms with E-state index >= 15 is 0 Å². The average molecular weight is 343 g/mol. The molecular formula is C15H10ClF3N2O2. The van der Waals surface area contributed by atoms with E-state index < -0.39 is 17.8 Å². The molecule has 0 N–H and O–H groups in total. The monoisotopic (exact) mass is 342 g/mol. The summed E-state index contributed by atoms with van der Waals surface area (Å²) in [6.07, 6.45) is -3.23. The second-order valence-electron chi connectivity index (χ2n) is 4.80. The van der Waals surface area contributed by atoms with Gasteiger partial charge in [0.15, 0.2) is 0 Å². The molecule has 120 valence electrons. The summed E-state index contributed by atoms with van der Waals surface area (Å²) in [7, 11) is 0. The van der Waals surface area contributed by atoms with Crippen LogP contribution in [-0.2, 0) is 10.9 Å². The molecule has 4 nitrogen and oxygen atoms in total. The van der Waals surface area contributed by atoms with Crippen LogP contribution in [0.5, 0.6) is 0 Å². The molecule has 0 fully saturated rings. The van der Waals surface area contributed by atoms with E-state index in [2.05, 4.69) is 4.98 Å². The fourth-order valence-electron chi connectivity index (χ4n) is 2.28. The number of fused-ring (bicyclic) bond motifs is 3. The molecule has 8 heteroatoms. The van der Waals surface area contributed by atoms with Crippen molar-refractivity contribution >= 4 is 34.1 Å². The second-order valence-corrected chi connectivity index (χ2v) is 5.21. The van der Waals surface area contributed by atoms with Gasteiger partial charge in [0.25, 0.3) is 0 Å². The molecule has 0 atom stereocenters. The highest BCUT2D eigenvalue weighted by Crippen LogP contribution is 2.33. The molecule has 0 aliphatic carbocycles. The Labute approximate surface area is 133 Å². The highest BCUT2D eigenvalue weighted by molar-refractivity contribution is 6.35. The van der Waals surface area contributed by atoms with Crippen LogP contribution in [0.15, 0.2) is 30.5 Å². The molecule has 3 heterocycles. The van der Waals surface area contributed by atoms with Gasteiger partial charge in [-0.15, -0.1) is 0 Å². The van der Waals surface area contributed by atoms with Gasteiger partial charge in [-0.2, -0.15) is 13.2 Å². The van der Waals surface area contributed by atoms with Crippen molar-refractivity contribution in [3.63, 3.8) is 0 Å². The van der Waals surface area contributed by atoms with Crippen molar-refractivity contribution < 1.29 is 22.7 Å². The summed E-state index contributed by atoms with van der Waals surface area (Å²) in [5, 5.41) is 0.300. The summed E-state index contributed by atoms with van der Waals surface area (Å²) in [5.41, 5.74) is -0.315. The number of carbonyl (C=O) groups is 1. The molecule has 0 aliphatic rings. The molecule has 23 heavy (non-hydrogen) atoms. The summed E-state index contributed by atoms with van der Waals surface area (Å²) in [5.74, 6) is -0.553. The molecule has 0 aliphatic heterocycles. The van der Waals surface area contributed by atoms with Crippen molar-refractivity contribution in [3.8, 4) is 0 Å². The number of aromatic nitrogens is 2. The Balaban J connectivity index is 2.28. The van der Waals surface area contributed by atoms with Gasteiger partial charge in [0.2, 0.25) is 0 Å². The van der Waals surface area contributed by atoms with Gasteiger partial charge in [0.05, 0.1) is 17.2 Å². The third-order valence-electron chi connectivity index (χ3n) is 3.29. The zero-order valence-electron chi connectivity index (χ0n) is 11.8. The van der Waals surface area contributed by atoms with Crippen molar-refractivity contribution in [3.05, 3.63) is 46.7 Å². The molecule has 0 saturated heterocycles. The van der Waals surface area contributed by atoms with E-state index in [0.29, 0.717) is 10.9 Å². The molecule has 0 aromatic carbocycles. The minimum absolute atomic E-state index is 0.0258. The topological polar surface area (TPSA) is 43.6 Å². The van der Waals surface area contributed by atoms with Crippen LogP contribution in [0.1, 0.15) is 23.0 Å². The Morgan fingerprint density at radius 3 is 2.74 bits per heavy atom. The Morgan fingerprint density at radius 2 is 2.09 bits per heavy atom. The molecule has 0 unspecified atom stereocenters. The number of rotatable bonds is 2. The highest BCUT2D eigenvalue weighted by atomic mass is 35.5. The standard InChI is InChI=1S/C15H10ClF3N2O2/c1-2-23-14(22)8-5-9-3-4-10-11(16)6-12(15(17,18)19)20-13(10)21(9)7-8/h3-7H,2H2,1H3. The molecule has 0 bridgehead atoms. The number of hydrogen-bond acceptors (Lipinski definition) is 3. The van der Waals surface area contributed by atoms with Crippen LogP contribution in [0.4, 0.5) is 13.2 Å². The fraction of sp³-hybridized carbons (Fsp3) is 0.200. The summed E-state index contributed by atoms with van der Waals surface area (Å²) < 4.78 is 45.1. The van der Waals surface area contributed by atoms with Crippen molar-refractivity contribution in [2.24, 2.45) is 0 Å². The SMILES string of the molecule is CCOC(=O)c1cc2ccc3c(Cl)cc(C(F)(F)F)nc3n2c1. The normalized spacial score (nSPS) is 12.0. The lowest BCUT2D eigenvalue weighted by Crippen LogP contribution is -2.09. The number of nitrogens with zero attached hydrogens (tertiary/aromatic N) is 2. The lowest BCUT2D eigenvalue weighted by Gasteiger charge is -2.09. The van der Waals surface area contributed by atoms with Crippen molar-refractivity contribution in [1.82, 2.24) is 9.38 Å². The number of hydrogen-bond donors (Lipinski definition) is 0. The lowest BCUT2D eigenvalue weighted by molar-refractivity contribution is -0.141. The first-order valence-corrected chi connectivity index (χ1v) is 7.04. The predicted molar refractivity (Wildman–Crippen MR) is 78.7 cm³/mol. The quantitative estimate of drug-likeness (QED) is 0.651. The number of carbonyl (C=O) groups excluding carboxylic acids is 1. The zero-order chi connectivity index (χ0) is 16.8. The first-order valence-electron chi connectivity index (χ1n) is 6.67. The molecule has 0 radical (unpaired) electrons. The Morgan fingerprint density at radius 1 is 1.35 bits per heavy atom. The molecule has 0 saturated carbocycles. The van der Waals surface area contributed by atoms with Gasteiger partial charge < -0.3 is 9.14 Å². The molecule has 0 amide bonds. The minimum atomic E-state index is -4.61. The zero-order valence-corrected chi connectivity index (χ0v) is 12.6. The van der Waals surface area contributed by atoms with Crippen molar-refractivity contribution in [2.45, 2.75) is 13.1 Å². The van der Waals surface area contributed by atoms with Crippen LogP contribution < -0.4 is 0 Å². The maximum atomic E-state index is 12.9. The van der Waals surface area contributed by atoms with E-state index in [4.69, 9.17) is 16.3 Å². The minimum Gasteiger partial charge on any atom is -0.462 e. The van der Waals surface area contributed by atoms with Gasteiger partial charge in [-0.25, -0.2) is 9.78 Å². The third-order valence-corrected chi connectivity index (χ3v) is 3.60. The van der Waals surface area contributed by atoms with Gasteiger partial charge in [0.1, 0.15) is 11.3 Å². The predicted octanol–water partition coefficient (Wildman–Crippen LogP) is 4.34. The summed E-state index contributed by atoms with van der Waals surface area (Å²) in [4.78, 5) is 15.4. The largest absolute Gasteiger partial charge is 0.462 e. The van der Waals surface area contributed by atoms with Crippen molar-refractivity contribution in [1.29, 1.82) is 0 Å². The Kier molecular flexibility index (Phi) is 3.68. The lowest BCUT2D eigenvalue weighted by atomic mass is 10.2. The van der Waals surface area contributed by atoms with Crippen LogP contribution in [0.2, 0.25) is 5.02 Å². The maximum absolute atomic E-state index is 12.9. The average Bonchev–Trinajstić information content (AvgIpc) is 2.91. The second kappa shape index (κ2) is 5.42. The highest BCUT2D eigenvalue weighted by Gasteiger charge is 2.33. The first-order chi connectivity index (χ1) is 10.8. The Bertz CT molecular complexity index is 918. The third kappa shape index (κ3) is 2.72. The van der Waals surface area contributed by atoms with Gasteiger partial charge >= 0.3 is 12.1 Å². The summed E-state index contributed by atoms with van der Waals surface area (Å²) >= 11 is 5.94. The molecule has 3 rings (SSSR count). The molecule has 0 spiro atoms. The molecule has 3 aromatic rings. The van der Waals surface area contributed by atoms with Gasteiger partial charge in [-0.05, 0) is 31.2 Å². The number of alkyl halides is 3. The molecular weight excluding hydrogens is 333 g/mol. The number of halogens is 4. The van der Waals surface area contributed by atoms with Crippen LogP contribution in [0.25, 0.3) is 16.6 Å². The van der Waals surface area contributed by atoms with Gasteiger partial charge in [-0.1, -0.05) is 11.6 Å². The van der Waals surface area contributed by atoms with Crippen molar-refractivity contribution in [2.75, 3.05) is 6.61 Å². The van der Waals surface area contributed by atoms with Crippen LogP contribution in [-0.4, -0.2) is 22.0 Å². The number of esters is 1. The first kappa shape index (κ1) is 15.6. The number of ether oxygens (including phenoxy) is 1. The van der Waals surface area contributed by atoms with E-state index in [1.54, 1.807) is 19.1 Å². The van der Waals surface area contributed by atoms with Gasteiger partial charge in [0, 0.05) is 17.1 Å². The van der Waals surface area contributed by atoms with Crippen LogP contribution in [0.3, 0.4) is 0 Å². The Hall–Kier alpha value is -2.28. The molecule has 3 aromatic heterocycles. The number of pyridine rings is 2. The summed E-state index contributed by atoms with van der Waals surface area (Å²) in [6.45, 7) is 1.87. The van der Waals surface area contributed by atoms with E-state index in [9.17, 15) is 18.0 Å². The summed E-state index contributed by atoms with van der Waals surface area (Å²) in [6, 6.07) is 5.51. The van der Waals surface area contributed by atoms with E-state index in [1.807, 2.05) is 0 Å². The van der Waals surface area contributed by atoms with E-state index in [0.717, 1.165) is 6.07 Å². The smallest absolute Gasteiger partial charge is 0.433 e. The maximum Gasteiger partial charge on any atom is 0.433 e. The van der Waals surface area contributed by atoms with E-state index in [-0.39, 0.29) is 22.8 Å². The fourth-order valence-corrected chi connectivity index (χ4v) is 2.53. The van der Waals surface area contributed by atoms with Crippen LogP contribution in [0, 0.1) is 0 Å².